The summed E-state index contributed by atoms with van der Waals surface area (Å²) < 4.78 is 13.0. The summed E-state index contributed by atoms with van der Waals surface area (Å²) in [4.78, 5) is 18.2. The molecule has 2 aromatic heterocycles. The van der Waals surface area contributed by atoms with Gasteiger partial charge in [0.05, 0.1) is 23.3 Å². The fourth-order valence-corrected chi connectivity index (χ4v) is 5.17. The number of fused-ring (bicyclic) bond motifs is 1. The van der Waals surface area contributed by atoms with Crippen molar-refractivity contribution >= 4 is 54.7 Å². The number of ether oxygens (including phenoxy) is 2. The minimum absolute atomic E-state index is 0.121. The largest absolute Gasteiger partial charge is 0.491 e. The first-order valence-electron chi connectivity index (χ1n) is 7.93. The summed E-state index contributed by atoms with van der Waals surface area (Å²) in [6, 6.07) is 6.11. The summed E-state index contributed by atoms with van der Waals surface area (Å²) >= 11 is 6.65. The number of rotatable bonds is 5. The zero-order valence-electron chi connectivity index (χ0n) is 14.4. The van der Waals surface area contributed by atoms with Crippen LogP contribution in [0.4, 0.5) is 0 Å². The highest BCUT2D eigenvalue weighted by molar-refractivity contribution is 9.10. The maximum Gasteiger partial charge on any atom is 0.350 e. The molecule has 0 saturated carbocycles. The highest BCUT2D eigenvalue weighted by atomic mass is 79.9. The topological polar surface area (TPSA) is 48.4 Å². The normalized spacial score (nSPS) is 11.3. The van der Waals surface area contributed by atoms with E-state index in [0.717, 1.165) is 30.2 Å². The number of thiazole rings is 1. The summed E-state index contributed by atoms with van der Waals surface area (Å²) in [5, 5.41) is 1.93. The third kappa shape index (κ3) is 3.88. The quantitative estimate of drug-likeness (QED) is 0.453. The maximum atomic E-state index is 12.0. The van der Waals surface area contributed by atoms with E-state index in [1.54, 1.807) is 18.3 Å². The van der Waals surface area contributed by atoms with Crippen LogP contribution in [0.25, 0.3) is 20.0 Å². The van der Waals surface area contributed by atoms with E-state index < -0.39 is 0 Å². The molecule has 0 N–H and O–H groups in total. The highest BCUT2D eigenvalue weighted by Gasteiger charge is 2.19. The van der Waals surface area contributed by atoms with Gasteiger partial charge in [0, 0.05) is 9.17 Å². The first-order valence-corrected chi connectivity index (χ1v) is 10.4. The lowest BCUT2D eigenvalue weighted by Gasteiger charge is -2.10. The summed E-state index contributed by atoms with van der Waals surface area (Å²) in [5.74, 6) is 0.528. The molecule has 7 heteroatoms. The van der Waals surface area contributed by atoms with Crippen molar-refractivity contribution in [3.05, 3.63) is 33.2 Å². The van der Waals surface area contributed by atoms with E-state index >= 15 is 0 Å². The monoisotopic (exact) mass is 439 g/mol. The van der Waals surface area contributed by atoms with Crippen LogP contribution in [0.3, 0.4) is 0 Å². The van der Waals surface area contributed by atoms with Gasteiger partial charge in [0.1, 0.15) is 15.6 Å². The van der Waals surface area contributed by atoms with Crippen LogP contribution in [0.2, 0.25) is 0 Å². The van der Waals surface area contributed by atoms with Crippen LogP contribution in [0.1, 0.15) is 36.1 Å². The van der Waals surface area contributed by atoms with E-state index in [0.29, 0.717) is 17.2 Å². The summed E-state index contributed by atoms with van der Waals surface area (Å²) in [5.41, 5.74) is 0.707. The molecule has 0 saturated heterocycles. The van der Waals surface area contributed by atoms with Gasteiger partial charge in [0.25, 0.3) is 0 Å². The Labute approximate surface area is 162 Å². The van der Waals surface area contributed by atoms with Crippen LogP contribution in [0.5, 0.6) is 5.75 Å². The molecule has 0 amide bonds. The molecule has 4 nitrogen and oxygen atoms in total. The van der Waals surface area contributed by atoms with Crippen molar-refractivity contribution in [2.75, 3.05) is 6.61 Å². The molecule has 0 aliphatic heterocycles. The minimum Gasteiger partial charge on any atom is -0.491 e. The molecule has 25 heavy (non-hydrogen) atoms. The molecule has 0 spiro atoms. The number of hydrogen-bond acceptors (Lipinski definition) is 6. The van der Waals surface area contributed by atoms with Gasteiger partial charge < -0.3 is 9.47 Å². The van der Waals surface area contributed by atoms with E-state index in [1.165, 1.54) is 11.3 Å². The van der Waals surface area contributed by atoms with E-state index in [9.17, 15) is 4.79 Å². The lowest BCUT2D eigenvalue weighted by Crippen LogP contribution is -2.05. The second kappa shape index (κ2) is 7.43. The number of aromatic nitrogens is 1. The molecule has 0 radical (unpaired) electrons. The van der Waals surface area contributed by atoms with Crippen molar-refractivity contribution in [1.82, 2.24) is 4.98 Å². The van der Waals surface area contributed by atoms with Gasteiger partial charge in [-0.15, -0.1) is 22.7 Å². The zero-order valence-corrected chi connectivity index (χ0v) is 17.6. The Kier molecular flexibility index (Phi) is 5.46. The molecule has 1 aromatic carbocycles. The van der Waals surface area contributed by atoms with Crippen molar-refractivity contribution in [2.45, 2.75) is 33.8 Å². The number of aryl methyl sites for hydroxylation is 1. The van der Waals surface area contributed by atoms with E-state index in [4.69, 9.17) is 9.47 Å². The number of hydrogen-bond donors (Lipinski definition) is 0. The number of nitrogens with zero attached hydrogens (tertiary/aromatic N) is 1. The number of halogens is 1. The van der Waals surface area contributed by atoms with Crippen LogP contribution >= 0.6 is 38.6 Å². The zero-order chi connectivity index (χ0) is 18.1. The molecule has 0 aliphatic carbocycles. The van der Waals surface area contributed by atoms with Crippen molar-refractivity contribution in [3.63, 3.8) is 0 Å². The van der Waals surface area contributed by atoms with E-state index in [2.05, 4.69) is 27.0 Å². The molecular weight excluding hydrogens is 422 g/mol. The number of benzene rings is 1. The number of esters is 1. The molecule has 0 unspecified atom stereocenters. The molecule has 0 aliphatic rings. The Morgan fingerprint density at radius 2 is 2.04 bits per heavy atom. The highest BCUT2D eigenvalue weighted by Crippen LogP contribution is 2.41. The fraction of sp³-hybridized carbons (Fsp3) is 0.333. The van der Waals surface area contributed by atoms with Crippen LogP contribution in [0, 0.1) is 6.92 Å². The Bertz CT molecular complexity index is 930. The van der Waals surface area contributed by atoms with Gasteiger partial charge in [-0.25, -0.2) is 9.78 Å². The predicted molar refractivity (Wildman–Crippen MR) is 107 cm³/mol. The van der Waals surface area contributed by atoms with Crippen LogP contribution < -0.4 is 4.74 Å². The van der Waals surface area contributed by atoms with Gasteiger partial charge in [-0.3, -0.25) is 0 Å². The molecule has 3 rings (SSSR count). The van der Waals surface area contributed by atoms with Gasteiger partial charge in [-0.2, -0.15) is 0 Å². The van der Waals surface area contributed by atoms with Crippen molar-refractivity contribution in [3.8, 4) is 15.6 Å². The second-order valence-corrected chi connectivity index (χ2v) is 8.66. The van der Waals surface area contributed by atoms with Gasteiger partial charge >= 0.3 is 5.97 Å². The Morgan fingerprint density at radius 3 is 2.72 bits per heavy atom. The molecule has 0 fully saturated rings. The van der Waals surface area contributed by atoms with Gasteiger partial charge in [0.15, 0.2) is 0 Å². The van der Waals surface area contributed by atoms with Crippen LogP contribution in [-0.4, -0.2) is 23.7 Å². The van der Waals surface area contributed by atoms with Crippen molar-refractivity contribution in [2.24, 2.45) is 0 Å². The molecule has 0 bridgehead atoms. The van der Waals surface area contributed by atoms with E-state index in [1.807, 2.05) is 32.9 Å². The maximum absolute atomic E-state index is 12.0. The molecule has 3 aromatic rings. The third-order valence-corrected chi connectivity index (χ3v) is 6.76. The smallest absolute Gasteiger partial charge is 0.350 e. The number of carbonyl (C=O) groups is 1. The summed E-state index contributed by atoms with van der Waals surface area (Å²) in [7, 11) is 0. The average Bonchev–Trinajstić information content (AvgIpc) is 3.10. The molecule has 2 heterocycles. The van der Waals surface area contributed by atoms with E-state index in [-0.39, 0.29) is 12.1 Å². The van der Waals surface area contributed by atoms with Gasteiger partial charge in [-0.1, -0.05) is 0 Å². The van der Waals surface area contributed by atoms with Gasteiger partial charge in [-0.05, 0) is 67.2 Å². The molecular formula is C18H18BrNO3S2. The van der Waals surface area contributed by atoms with Crippen molar-refractivity contribution < 1.29 is 14.3 Å². The first-order chi connectivity index (χ1) is 11.9. The van der Waals surface area contributed by atoms with Crippen LogP contribution in [-0.2, 0) is 4.74 Å². The lowest BCUT2D eigenvalue weighted by molar-refractivity contribution is 0.0531. The SMILES string of the molecule is CCOC(=O)c1sc(-c2cc3cc(OC(C)C)cc(Br)c3s2)nc1C. The minimum atomic E-state index is -0.307. The average molecular weight is 440 g/mol. The Hall–Kier alpha value is -1.44. The third-order valence-electron chi connectivity index (χ3n) is 3.38. The first kappa shape index (κ1) is 18.4. The Balaban J connectivity index is 2.01. The summed E-state index contributed by atoms with van der Waals surface area (Å²) in [6.07, 6.45) is 0.121. The second-order valence-electron chi connectivity index (χ2n) is 5.75. The number of thiophene rings is 1. The van der Waals surface area contributed by atoms with Crippen LogP contribution in [0.15, 0.2) is 22.7 Å². The Morgan fingerprint density at radius 1 is 1.28 bits per heavy atom. The molecule has 132 valence electrons. The molecule has 0 atom stereocenters. The van der Waals surface area contributed by atoms with Gasteiger partial charge in [0.2, 0.25) is 0 Å². The fourth-order valence-electron chi connectivity index (χ4n) is 2.42. The lowest BCUT2D eigenvalue weighted by atomic mass is 10.2. The number of carbonyl (C=O) groups excluding carboxylic acids is 1. The standard InChI is InChI=1S/C18H18BrNO3S2/c1-5-22-18(21)15-10(4)20-17(25-15)14-7-11-6-12(23-9(2)3)8-13(19)16(11)24-14/h6-9H,5H2,1-4H3. The van der Waals surface area contributed by atoms with Crippen molar-refractivity contribution in [1.29, 1.82) is 0 Å². The predicted octanol–water partition coefficient (Wildman–Crippen LogP) is 6.06. The summed E-state index contributed by atoms with van der Waals surface area (Å²) in [6.45, 7) is 8.01.